The average molecular weight is 404 g/mol. The van der Waals surface area contributed by atoms with Gasteiger partial charge in [0.2, 0.25) is 12.2 Å². The number of hydrogen-bond donors (Lipinski definition) is 1. The lowest BCUT2D eigenvalue weighted by Crippen LogP contribution is -2.46. The van der Waals surface area contributed by atoms with Crippen LogP contribution in [0.4, 0.5) is 8.78 Å². The maximum atomic E-state index is 13.3. The SMILES string of the molecule is COc1cc(C(=O)N2CCCC(C3=CC(C(F)F)=NC4NC=NN34)C2)cc(C)n1. The monoisotopic (exact) mass is 404 g/mol. The van der Waals surface area contributed by atoms with Gasteiger partial charge in [0.15, 0.2) is 0 Å². The number of aliphatic imine (C=N–C) groups is 1. The van der Waals surface area contributed by atoms with Crippen molar-refractivity contribution in [3.8, 4) is 5.88 Å². The molecule has 3 aliphatic rings. The van der Waals surface area contributed by atoms with Crippen LogP contribution in [-0.4, -0.2) is 65.8 Å². The highest BCUT2D eigenvalue weighted by Crippen LogP contribution is 2.32. The number of aryl methyl sites for hydroxylation is 1. The number of halogens is 2. The van der Waals surface area contributed by atoms with Gasteiger partial charge in [0, 0.05) is 42.0 Å². The average Bonchev–Trinajstić information content (AvgIpc) is 3.20. The third-order valence-electron chi connectivity index (χ3n) is 5.21. The van der Waals surface area contributed by atoms with Crippen LogP contribution < -0.4 is 10.1 Å². The number of carbonyl (C=O) groups is 1. The molecule has 0 spiro atoms. The van der Waals surface area contributed by atoms with E-state index < -0.39 is 12.7 Å². The Labute approximate surface area is 166 Å². The summed E-state index contributed by atoms with van der Waals surface area (Å²) in [7, 11) is 1.51. The van der Waals surface area contributed by atoms with Gasteiger partial charge in [0.1, 0.15) is 12.1 Å². The van der Waals surface area contributed by atoms with Crippen LogP contribution in [0.1, 0.15) is 28.9 Å². The Balaban J connectivity index is 1.56. The van der Waals surface area contributed by atoms with Gasteiger partial charge in [0.05, 0.1) is 7.11 Å². The van der Waals surface area contributed by atoms with E-state index in [9.17, 15) is 13.6 Å². The quantitative estimate of drug-likeness (QED) is 0.830. The van der Waals surface area contributed by atoms with Gasteiger partial charge in [-0.1, -0.05) is 0 Å². The van der Waals surface area contributed by atoms with Crippen molar-refractivity contribution in [2.45, 2.75) is 32.5 Å². The predicted molar refractivity (Wildman–Crippen MR) is 103 cm³/mol. The van der Waals surface area contributed by atoms with E-state index in [1.54, 1.807) is 29.0 Å². The lowest BCUT2D eigenvalue weighted by molar-refractivity contribution is 0.0668. The normalized spacial score (nSPS) is 23.5. The van der Waals surface area contributed by atoms with Crippen molar-refractivity contribution in [2.75, 3.05) is 20.2 Å². The summed E-state index contributed by atoms with van der Waals surface area (Å²) in [5.41, 5.74) is 1.58. The van der Waals surface area contributed by atoms with Gasteiger partial charge < -0.3 is 15.0 Å². The van der Waals surface area contributed by atoms with E-state index in [1.807, 2.05) is 0 Å². The van der Waals surface area contributed by atoms with E-state index in [2.05, 4.69) is 20.4 Å². The van der Waals surface area contributed by atoms with Gasteiger partial charge in [-0.25, -0.2) is 23.8 Å². The molecule has 2 atom stereocenters. The lowest BCUT2D eigenvalue weighted by atomic mass is 9.92. The Morgan fingerprint density at radius 3 is 2.97 bits per heavy atom. The third-order valence-corrected chi connectivity index (χ3v) is 5.21. The summed E-state index contributed by atoms with van der Waals surface area (Å²) in [5, 5.41) is 8.70. The van der Waals surface area contributed by atoms with Crippen LogP contribution in [0, 0.1) is 12.8 Å². The summed E-state index contributed by atoms with van der Waals surface area (Å²) in [6.45, 7) is 2.82. The zero-order chi connectivity index (χ0) is 20.5. The van der Waals surface area contributed by atoms with Gasteiger partial charge in [-0.15, -0.1) is 0 Å². The first-order chi connectivity index (χ1) is 14.0. The number of methoxy groups -OCH3 is 1. The fourth-order valence-corrected chi connectivity index (χ4v) is 3.87. The molecule has 1 aromatic rings. The highest BCUT2D eigenvalue weighted by atomic mass is 19.3. The van der Waals surface area contributed by atoms with Crippen molar-refractivity contribution >= 4 is 18.0 Å². The molecule has 1 N–H and O–H groups in total. The molecule has 10 heteroatoms. The molecule has 0 saturated carbocycles. The topological polar surface area (TPSA) is 82.4 Å². The first-order valence-corrected chi connectivity index (χ1v) is 9.43. The van der Waals surface area contributed by atoms with Crippen LogP contribution >= 0.6 is 0 Å². The Hall–Kier alpha value is -3.04. The minimum absolute atomic E-state index is 0.110. The number of pyridine rings is 1. The number of likely N-dealkylation sites (tertiary alicyclic amines) is 1. The molecule has 3 aliphatic heterocycles. The first kappa shape index (κ1) is 19.3. The van der Waals surface area contributed by atoms with Crippen LogP contribution in [0.15, 0.2) is 34.0 Å². The van der Waals surface area contributed by atoms with Gasteiger partial charge in [-0.3, -0.25) is 4.79 Å². The molecule has 1 aromatic heterocycles. The largest absolute Gasteiger partial charge is 0.481 e. The number of aromatic nitrogens is 1. The number of alkyl halides is 2. The smallest absolute Gasteiger partial charge is 0.280 e. The number of rotatable bonds is 4. The molecule has 2 unspecified atom stereocenters. The molecule has 0 bridgehead atoms. The molecule has 1 saturated heterocycles. The van der Waals surface area contributed by atoms with E-state index >= 15 is 0 Å². The minimum atomic E-state index is -2.66. The van der Waals surface area contributed by atoms with E-state index in [1.165, 1.54) is 19.5 Å². The predicted octanol–water partition coefficient (Wildman–Crippen LogP) is 1.99. The van der Waals surface area contributed by atoms with Crippen molar-refractivity contribution in [1.29, 1.82) is 0 Å². The highest BCUT2D eigenvalue weighted by Gasteiger charge is 2.36. The number of piperidine rings is 1. The van der Waals surface area contributed by atoms with E-state index in [4.69, 9.17) is 4.74 Å². The van der Waals surface area contributed by atoms with Crippen molar-refractivity contribution in [1.82, 2.24) is 20.2 Å². The highest BCUT2D eigenvalue weighted by molar-refractivity contribution is 5.99. The van der Waals surface area contributed by atoms with Crippen LogP contribution in [0.5, 0.6) is 5.88 Å². The van der Waals surface area contributed by atoms with E-state index in [0.29, 0.717) is 35.9 Å². The molecule has 0 radical (unpaired) electrons. The van der Waals surface area contributed by atoms with Gasteiger partial charge >= 0.3 is 0 Å². The zero-order valence-electron chi connectivity index (χ0n) is 16.2. The number of hydrazone groups is 1. The summed E-state index contributed by atoms with van der Waals surface area (Å²) in [4.78, 5) is 23.0. The Morgan fingerprint density at radius 1 is 1.38 bits per heavy atom. The molecule has 0 aromatic carbocycles. The number of nitrogens with zero attached hydrogens (tertiary/aromatic N) is 5. The molecular formula is C19H22F2N6O2. The number of hydrogen-bond acceptors (Lipinski definition) is 7. The standard InChI is InChI=1S/C19H22F2N6O2/c1-11-6-13(7-16(24-11)29-2)18(28)26-5-3-4-12(9-26)15-8-14(17(20)21)25-19-22-10-23-27(15)19/h6-8,10,12,17,19H,3-5,9H2,1-2H3,(H,22,23). The molecule has 8 nitrogen and oxygen atoms in total. The third kappa shape index (κ3) is 3.79. The van der Waals surface area contributed by atoms with Crippen molar-refractivity contribution in [3.05, 3.63) is 35.2 Å². The zero-order valence-corrected chi connectivity index (χ0v) is 16.2. The number of nitrogens with one attached hydrogen (secondary N) is 1. The lowest BCUT2D eigenvalue weighted by Gasteiger charge is -2.38. The molecule has 29 heavy (non-hydrogen) atoms. The number of allylic oxidation sites excluding steroid dienone is 1. The molecular weight excluding hydrogens is 382 g/mol. The van der Waals surface area contributed by atoms with Crippen molar-refractivity contribution in [3.63, 3.8) is 0 Å². The molecule has 1 amide bonds. The number of carbonyl (C=O) groups excluding carboxylic acids is 1. The van der Waals surface area contributed by atoms with Crippen LogP contribution in [-0.2, 0) is 0 Å². The minimum Gasteiger partial charge on any atom is -0.481 e. The summed E-state index contributed by atoms with van der Waals surface area (Å²) in [5.74, 6) is 0.147. The maximum Gasteiger partial charge on any atom is 0.280 e. The van der Waals surface area contributed by atoms with Crippen molar-refractivity contribution < 1.29 is 18.3 Å². The summed E-state index contributed by atoms with van der Waals surface area (Å²) < 4.78 is 31.8. The van der Waals surface area contributed by atoms with Gasteiger partial charge in [-0.05, 0) is 31.9 Å². The second-order valence-electron chi connectivity index (χ2n) is 7.18. The van der Waals surface area contributed by atoms with Crippen LogP contribution in [0.25, 0.3) is 0 Å². The van der Waals surface area contributed by atoms with Crippen molar-refractivity contribution in [2.24, 2.45) is 16.0 Å². The fourth-order valence-electron chi connectivity index (χ4n) is 3.87. The summed E-state index contributed by atoms with van der Waals surface area (Å²) in [6, 6.07) is 3.34. The van der Waals surface area contributed by atoms with Gasteiger partial charge in [-0.2, -0.15) is 5.10 Å². The second kappa shape index (κ2) is 7.76. The Kier molecular flexibility index (Phi) is 5.16. The maximum absolute atomic E-state index is 13.3. The molecule has 0 aliphatic carbocycles. The van der Waals surface area contributed by atoms with E-state index in [-0.39, 0.29) is 17.5 Å². The Morgan fingerprint density at radius 2 is 2.21 bits per heavy atom. The molecule has 4 heterocycles. The fraction of sp³-hybridized carbons (Fsp3) is 0.474. The van der Waals surface area contributed by atoms with Crippen LogP contribution in [0.2, 0.25) is 0 Å². The first-order valence-electron chi connectivity index (χ1n) is 9.43. The summed E-state index contributed by atoms with van der Waals surface area (Å²) in [6.07, 6.45) is 1.09. The second-order valence-corrected chi connectivity index (χ2v) is 7.18. The van der Waals surface area contributed by atoms with Gasteiger partial charge in [0.25, 0.3) is 12.3 Å². The van der Waals surface area contributed by atoms with E-state index in [0.717, 1.165) is 12.8 Å². The van der Waals surface area contributed by atoms with Crippen LogP contribution in [0.3, 0.4) is 0 Å². The number of amides is 1. The number of ether oxygens (including phenoxy) is 1. The molecule has 1 fully saturated rings. The number of fused-ring (bicyclic) bond motifs is 1. The summed E-state index contributed by atoms with van der Waals surface area (Å²) >= 11 is 0. The molecule has 154 valence electrons. The Bertz CT molecular complexity index is 901. The molecule has 4 rings (SSSR count).